The first-order valence-corrected chi connectivity index (χ1v) is 9.66. The first-order valence-electron chi connectivity index (χ1n) is 9.66. The SMILES string of the molecule is O=C(Nc1ccc(N2CCCC2)cc1)c1cncc(N2CCCCC2)c1. The van der Waals surface area contributed by atoms with Gasteiger partial charge in [0.1, 0.15) is 0 Å². The van der Waals surface area contributed by atoms with Crippen LogP contribution in [0.3, 0.4) is 0 Å². The lowest BCUT2D eigenvalue weighted by Gasteiger charge is -2.28. The van der Waals surface area contributed by atoms with Gasteiger partial charge in [-0.3, -0.25) is 9.78 Å². The van der Waals surface area contributed by atoms with Crippen LogP contribution in [0.4, 0.5) is 17.1 Å². The Morgan fingerprint density at radius 3 is 2.12 bits per heavy atom. The highest BCUT2D eigenvalue weighted by atomic mass is 16.1. The average Bonchev–Trinajstić information content (AvgIpc) is 3.24. The minimum atomic E-state index is -0.106. The van der Waals surface area contributed by atoms with Gasteiger partial charge in [-0.1, -0.05) is 0 Å². The van der Waals surface area contributed by atoms with Crippen LogP contribution in [0.15, 0.2) is 42.7 Å². The van der Waals surface area contributed by atoms with Gasteiger partial charge in [0.05, 0.1) is 17.4 Å². The summed E-state index contributed by atoms with van der Waals surface area (Å²) in [7, 11) is 0. The summed E-state index contributed by atoms with van der Waals surface area (Å²) in [5.74, 6) is -0.106. The van der Waals surface area contributed by atoms with Crippen molar-refractivity contribution in [3.63, 3.8) is 0 Å². The molecule has 4 rings (SSSR count). The van der Waals surface area contributed by atoms with Crippen LogP contribution in [0.5, 0.6) is 0 Å². The molecule has 0 spiro atoms. The zero-order valence-corrected chi connectivity index (χ0v) is 15.2. The molecule has 1 aromatic carbocycles. The topological polar surface area (TPSA) is 48.5 Å². The smallest absolute Gasteiger partial charge is 0.257 e. The fourth-order valence-electron chi connectivity index (χ4n) is 3.81. The molecule has 2 aromatic rings. The summed E-state index contributed by atoms with van der Waals surface area (Å²) in [6, 6.07) is 10.1. The van der Waals surface area contributed by atoms with Crippen molar-refractivity contribution in [3.8, 4) is 0 Å². The number of amides is 1. The number of rotatable bonds is 4. The molecular weight excluding hydrogens is 324 g/mol. The van der Waals surface area contributed by atoms with E-state index in [1.54, 1.807) is 6.20 Å². The number of aromatic nitrogens is 1. The van der Waals surface area contributed by atoms with E-state index in [9.17, 15) is 4.79 Å². The molecule has 5 heteroatoms. The van der Waals surface area contributed by atoms with Crippen LogP contribution < -0.4 is 15.1 Å². The Labute approximate surface area is 155 Å². The molecule has 3 heterocycles. The van der Waals surface area contributed by atoms with E-state index in [1.165, 1.54) is 37.8 Å². The van der Waals surface area contributed by atoms with E-state index in [0.29, 0.717) is 5.56 Å². The van der Waals surface area contributed by atoms with Gasteiger partial charge in [0, 0.05) is 43.8 Å². The second kappa shape index (κ2) is 7.77. The molecule has 1 aromatic heterocycles. The Kier molecular flexibility index (Phi) is 5.04. The van der Waals surface area contributed by atoms with Crippen molar-refractivity contribution in [2.75, 3.05) is 41.3 Å². The average molecular weight is 350 g/mol. The van der Waals surface area contributed by atoms with Crippen molar-refractivity contribution >= 4 is 23.0 Å². The molecule has 2 saturated heterocycles. The molecule has 5 nitrogen and oxygen atoms in total. The second-order valence-corrected chi connectivity index (χ2v) is 7.17. The number of piperidine rings is 1. The molecular formula is C21H26N4O. The number of nitrogens with one attached hydrogen (secondary N) is 1. The summed E-state index contributed by atoms with van der Waals surface area (Å²) in [5.41, 5.74) is 3.70. The van der Waals surface area contributed by atoms with E-state index in [4.69, 9.17) is 0 Å². The maximum atomic E-state index is 12.6. The van der Waals surface area contributed by atoms with E-state index < -0.39 is 0 Å². The molecule has 26 heavy (non-hydrogen) atoms. The molecule has 0 atom stereocenters. The quantitative estimate of drug-likeness (QED) is 0.908. The minimum absolute atomic E-state index is 0.106. The predicted molar refractivity (Wildman–Crippen MR) is 106 cm³/mol. The first-order chi connectivity index (χ1) is 12.8. The molecule has 2 fully saturated rings. The van der Waals surface area contributed by atoms with E-state index in [-0.39, 0.29) is 5.91 Å². The van der Waals surface area contributed by atoms with Crippen LogP contribution in [0.1, 0.15) is 42.5 Å². The van der Waals surface area contributed by atoms with Gasteiger partial charge in [-0.15, -0.1) is 0 Å². The molecule has 136 valence electrons. The molecule has 0 radical (unpaired) electrons. The van der Waals surface area contributed by atoms with Crippen LogP contribution in [-0.4, -0.2) is 37.1 Å². The number of hydrogen-bond acceptors (Lipinski definition) is 4. The van der Waals surface area contributed by atoms with Gasteiger partial charge >= 0.3 is 0 Å². The predicted octanol–water partition coefficient (Wildman–Crippen LogP) is 3.92. The third-order valence-electron chi connectivity index (χ3n) is 5.30. The third-order valence-corrected chi connectivity index (χ3v) is 5.30. The molecule has 1 amide bonds. The lowest BCUT2D eigenvalue weighted by Crippen LogP contribution is -2.29. The molecule has 0 saturated carbocycles. The van der Waals surface area contributed by atoms with Gasteiger partial charge in [-0.25, -0.2) is 0 Å². The maximum absolute atomic E-state index is 12.6. The van der Waals surface area contributed by atoms with E-state index >= 15 is 0 Å². The number of benzene rings is 1. The van der Waals surface area contributed by atoms with Crippen LogP contribution in [0.2, 0.25) is 0 Å². The zero-order chi connectivity index (χ0) is 17.8. The Morgan fingerprint density at radius 1 is 0.808 bits per heavy atom. The van der Waals surface area contributed by atoms with E-state index in [1.807, 2.05) is 24.4 Å². The Bertz CT molecular complexity index is 747. The van der Waals surface area contributed by atoms with E-state index in [0.717, 1.165) is 37.6 Å². The van der Waals surface area contributed by atoms with E-state index in [2.05, 4.69) is 32.2 Å². The minimum Gasteiger partial charge on any atom is -0.372 e. The highest BCUT2D eigenvalue weighted by molar-refractivity contribution is 6.04. The maximum Gasteiger partial charge on any atom is 0.257 e. The molecule has 0 unspecified atom stereocenters. The molecule has 1 N–H and O–H groups in total. The molecule has 0 aliphatic carbocycles. The number of carbonyl (C=O) groups is 1. The normalized spacial score (nSPS) is 17.4. The van der Waals surface area contributed by atoms with Crippen LogP contribution >= 0.6 is 0 Å². The Morgan fingerprint density at radius 2 is 1.42 bits per heavy atom. The van der Waals surface area contributed by atoms with Crippen LogP contribution in [0, 0.1) is 0 Å². The number of pyridine rings is 1. The molecule has 2 aliphatic rings. The van der Waals surface area contributed by atoms with Gasteiger partial charge in [-0.2, -0.15) is 0 Å². The Hall–Kier alpha value is -2.56. The van der Waals surface area contributed by atoms with Crippen molar-refractivity contribution in [2.24, 2.45) is 0 Å². The summed E-state index contributed by atoms with van der Waals surface area (Å²) >= 11 is 0. The highest BCUT2D eigenvalue weighted by Gasteiger charge is 2.15. The van der Waals surface area contributed by atoms with Gasteiger partial charge in [0.25, 0.3) is 5.91 Å². The van der Waals surface area contributed by atoms with Crippen molar-refractivity contribution in [1.82, 2.24) is 4.98 Å². The van der Waals surface area contributed by atoms with Crippen molar-refractivity contribution in [1.29, 1.82) is 0 Å². The fourth-order valence-corrected chi connectivity index (χ4v) is 3.81. The van der Waals surface area contributed by atoms with Gasteiger partial charge in [0.2, 0.25) is 0 Å². The molecule has 2 aliphatic heterocycles. The van der Waals surface area contributed by atoms with Gasteiger partial charge in [-0.05, 0) is 62.4 Å². The van der Waals surface area contributed by atoms with Crippen LogP contribution in [0.25, 0.3) is 0 Å². The summed E-state index contributed by atoms with van der Waals surface area (Å²) in [5, 5.41) is 2.99. The lowest BCUT2D eigenvalue weighted by atomic mass is 10.1. The zero-order valence-electron chi connectivity index (χ0n) is 15.2. The van der Waals surface area contributed by atoms with Gasteiger partial charge < -0.3 is 15.1 Å². The van der Waals surface area contributed by atoms with Crippen molar-refractivity contribution in [3.05, 3.63) is 48.3 Å². The summed E-state index contributed by atoms with van der Waals surface area (Å²) < 4.78 is 0. The summed E-state index contributed by atoms with van der Waals surface area (Å²) in [4.78, 5) is 21.6. The highest BCUT2D eigenvalue weighted by Crippen LogP contribution is 2.23. The fraction of sp³-hybridized carbons (Fsp3) is 0.429. The van der Waals surface area contributed by atoms with Crippen molar-refractivity contribution in [2.45, 2.75) is 32.1 Å². The standard InChI is InChI=1S/C21H26N4O/c26-21(17-14-20(16-22-15-17)25-10-2-1-3-11-25)23-18-6-8-19(9-7-18)24-12-4-5-13-24/h6-9,14-16H,1-5,10-13H2,(H,23,26). The van der Waals surface area contributed by atoms with Gasteiger partial charge in [0.15, 0.2) is 0 Å². The van der Waals surface area contributed by atoms with Crippen molar-refractivity contribution < 1.29 is 4.79 Å². The summed E-state index contributed by atoms with van der Waals surface area (Å²) in [6.45, 7) is 4.34. The lowest BCUT2D eigenvalue weighted by molar-refractivity contribution is 0.102. The largest absolute Gasteiger partial charge is 0.372 e. The monoisotopic (exact) mass is 350 g/mol. The summed E-state index contributed by atoms with van der Waals surface area (Å²) in [6.07, 6.45) is 9.73. The van der Waals surface area contributed by atoms with Crippen LogP contribution in [-0.2, 0) is 0 Å². The first kappa shape index (κ1) is 16.9. The number of carbonyl (C=O) groups excluding carboxylic acids is 1. The number of nitrogens with zero attached hydrogens (tertiary/aromatic N) is 3. The Balaban J connectivity index is 1.42. The number of hydrogen-bond donors (Lipinski definition) is 1. The molecule has 0 bridgehead atoms. The third kappa shape index (κ3) is 3.82. The second-order valence-electron chi connectivity index (χ2n) is 7.17. The number of anilines is 3.